The van der Waals surface area contributed by atoms with Crippen molar-refractivity contribution in [3.63, 3.8) is 0 Å². The molecule has 4 nitrogen and oxygen atoms in total. The molecule has 0 aliphatic carbocycles. The van der Waals surface area contributed by atoms with Crippen LogP contribution in [0.3, 0.4) is 0 Å². The molecule has 0 saturated carbocycles. The van der Waals surface area contributed by atoms with Crippen LogP contribution in [0, 0.1) is 0 Å². The summed E-state index contributed by atoms with van der Waals surface area (Å²) in [6.07, 6.45) is 0.446. The van der Waals surface area contributed by atoms with Gasteiger partial charge < -0.3 is 5.11 Å². The number of rotatable bonds is 3. The molecule has 3 N–H and O–H groups in total. The van der Waals surface area contributed by atoms with Gasteiger partial charge in [0.05, 0.1) is 15.7 Å². The van der Waals surface area contributed by atoms with E-state index in [0.717, 1.165) is 5.75 Å². The quantitative estimate of drug-likeness (QED) is 0.750. The molecule has 18 heavy (non-hydrogen) atoms. The number of para-hydroxylation sites is 1. The molecule has 1 aliphatic heterocycles. The Balaban J connectivity index is 2.01. The van der Waals surface area contributed by atoms with Gasteiger partial charge in [-0.2, -0.15) is 11.8 Å². The van der Waals surface area contributed by atoms with Gasteiger partial charge in [-0.25, -0.2) is 0 Å². The van der Waals surface area contributed by atoms with Crippen LogP contribution >= 0.6 is 35.0 Å². The van der Waals surface area contributed by atoms with Crippen molar-refractivity contribution in [3.8, 4) is 0 Å². The summed E-state index contributed by atoms with van der Waals surface area (Å²) < 4.78 is 0. The highest BCUT2D eigenvalue weighted by Gasteiger charge is 2.39. The average Bonchev–Trinajstić information content (AvgIpc) is 2.76. The predicted molar refractivity (Wildman–Crippen MR) is 75.1 cm³/mol. The lowest BCUT2D eigenvalue weighted by atomic mass is 10.0. The molecule has 0 radical (unpaired) electrons. The number of hydrogen-bond acceptors (Lipinski definition) is 4. The Morgan fingerprint density at radius 2 is 2.06 bits per heavy atom. The fraction of sp³-hybridized carbons (Fsp3) is 0.364. The van der Waals surface area contributed by atoms with Crippen LogP contribution in [0.2, 0.25) is 10.0 Å². The highest BCUT2D eigenvalue weighted by atomic mass is 35.5. The molecule has 1 amide bonds. The molecule has 98 valence electrons. The van der Waals surface area contributed by atoms with Crippen molar-refractivity contribution in [1.29, 1.82) is 0 Å². The number of anilines is 1. The Kier molecular flexibility index (Phi) is 4.27. The minimum absolute atomic E-state index is 0.399. The molecule has 1 unspecified atom stereocenters. The number of nitrogens with one attached hydrogen (secondary N) is 2. The van der Waals surface area contributed by atoms with Crippen molar-refractivity contribution >= 4 is 46.6 Å². The van der Waals surface area contributed by atoms with Gasteiger partial charge in [0.2, 0.25) is 0 Å². The first kappa shape index (κ1) is 13.8. The Hall–Kier alpha value is -0.620. The normalized spacial score (nSPS) is 22.8. The van der Waals surface area contributed by atoms with Gasteiger partial charge in [0.1, 0.15) is 0 Å². The Morgan fingerprint density at radius 1 is 1.39 bits per heavy atom. The van der Waals surface area contributed by atoms with Crippen LogP contribution in [0.15, 0.2) is 18.2 Å². The summed E-state index contributed by atoms with van der Waals surface area (Å²) >= 11 is 13.4. The van der Waals surface area contributed by atoms with Crippen molar-refractivity contribution in [2.45, 2.75) is 12.0 Å². The highest BCUT2D eigenvalue weighted by molar-refractivity contribution is 7.99. The summed E-state index contributed by atoms with van der Waals surface area (Å²) in [5, 5.41) is 10.8. The van der Waals surface area contributed by atoms with Gasteiger partial charge in [0.15, 0.2) is 5.60 Å². The van der Waals surface area contributed by atoms with Gasteiger partial charge in [-0.15, -0.1) is 0 Å². The van der Waals surface area contributed by atoms with E-state index >= 15 is 0 Å². The van der Waals surface area contributed by atoms with E-state index in [1.54, 1.807) is 30.0 Å². The smallest absolute Gasteiger partial charge is 0.271 e. The van der Waals surface area contributed by atoms with Crippen molar-refractivity contribution in [3.05, 3.63) is 28.2 Å². The zero-order valence-electron chi connectivity index (χ0n) is 9.37. The van der Waals surface area contributed by atoms with Gasteiger partial charge in [-0.05, 0) is 24.3 Å². The number of benzene rings is 1. The van der Waals surface area contributed by atoms with E-state index in [-0.39, 0.29) is 0 Å². The van der Waals surface area contributed by atoms with E-state index < -0.39 is 11.5 Å². The Labute approximate surface area is 119 Å². The summed E-state index contributed by atoms with van der Waals surface area (Å²) in [4.78, 5) is 11.8. The molecule has 1 aromatic carbocycles. The fourth-order valence-corrected chi connectivity index (χ4v) is 3.32. The molecular formula is C11H12Cl2N2O2S. The van der Waals surface area contributed by atoms with Crippen LogP contribution in [0.1, 0.15) is 6.42 Å². The molecule has 7 heteroatoms. The maximum absolute atomic E-state index is 11.8. The van der Waals surface area contributed by atoms with E-state index in [9.17, 15) is 9.90 Å². The summed E-state index contributed by atoms with van der Waals surface area (Å²) in [5.41, 5.74) is 4.20. The van der Waals surface area contributed by atoms with E-state index in [1.165, 1.54) is 0 Å². The number of carbonyl (C=O) groups excluding carboxylic acids is 1. The van der Waals surface area contributed by atoms with Crippen LogP contribution in [-0.4, -0.2) is 28.1 Å². The Bertz CT molecular complexity index is 444. The number of hydrazine groups is 1. The minimum atomic E-state index is -1.31. The molecule has 1 heterocycles. The van der Waals surface area contributed by atoms with Crippen LogP contribution < -0.4 is 10.9 Å². The zero-order chi connectivity index (χ0) is 13.2. The van der Waals surface area contributed by atoms with Gasteiger partial charge in [-0.3, -0.25) is 15.6 Å². The maximum Gasteiger partial charge on any atom is 0.271 e. The van der Waals surface area contributed by atoms with Gasteiger partial charge in [0, 0.05) is 5.75 Å². The number of carbonyl (C=O) groups is 1. The molecule has 1 atom stereocenters. The third-order valence-corrected chi connectivity index (χ3v) is 4.49. The van der Waals surface area contributed by atoms with Crippen LogP contribution in [-0.2, 0) is 4.79 Å². The molecule has 2 rings (SSSR count). The van der Waals surface area contributed by atoms with Gasteiger partial charge in [-0.1, -0.05) is 29.3 Å². The van der Waals surface area contributed by atoms with E-state index in [4.69, 9.17) is 23.2 Å². The summed E-state index contributed by atoms with van der Waals surface area (Å²) in [6, 6.07) is 5.02. The monoisotopic (exact) mass is 306 g/mol. The molecule has 0 bridgehead atoms. The molecule has 1 saturated heterocycles. The third kappa shape index (κ3) is 2.85. The van der Waals surface area contributed by atoms with Crippen LogP contribution in [0.25, 0.3) is 0 Å². The summed E-state index contributed by atoms with van der Waals surface area (Å²) in [7, 11) is 0. The molecular weight excluding hydrogens is 295 g/mol. The van der Waals surface area contributed by atoms with Gasteiger partial charge in [0.25, 0.3) is 5.91 Å². The second kappa shape index (κ2) is 5.57. The fourth-order valence-electron chi connectivity index (χ4n) is 1.59. The van der Waals surface area contributed by atoms with E-state index in [2.05, 4.69) is 10.9 Å². The van der Waals surface area contributed by atoms with E-state index in [1.807, 2.05) is 0 Å². The molecule has 0 spiro atoms. The lowest BCUT2D eigenvalue weighted by molar-refractivity contribution is -0.136. The molecule has 1 fully saturated rings. The van der Waals surface area contributed by atoms with Crippen molar-refractivity contribution in [2.24, 2.45) is 0 Å². The molecule has 1 aliphatic rings. The first-order chi connectivity index (χ1) is 8.53. The van der Waals surface area contributed by atoms with Gasteiger partial charge >= 0.3 is 0 Å². The first-order valence-electron chi connectivity index (χ1n) is 5.33. The standard InChI is InChI=1S/C11H12Cl2N2O2S/c12-7-2-1-3-8(13)9(7)14-15-10(16)11(17)4-5-18-6-11/h1-3,14,17H,4-6H2,(H,15,16). The number of halogens is 2. The highest BCUT2D eigenvalue weighted by Crippen LogP contribution is 2.30. The molecule has 0 aromatic heterocycles. The van der Waals surface area contributed by atoms with Crippen molar-refractivity contribution in [1.82, 2.24) is 5.43 Å². The number of amides is 1. The summed E-state index contributed by atoms with van der Waals surface area (Å²) in [6.45, 7) is 0. The first-order valence-corrected chi connectivity index (χ1v) is 7.24. The lowest BCUT2D eigenvalue weighted by Gasteiger charge is -2.21. The molecule has 1 aromatic rings. The predicted octanol–water partition coefficient (Wildman–Crippen LogP) is 2.30. The average molecular weight is 307 g/mol. The van der Waals surface area contributed by atoms with Crippen molar-refractivity contribution in [2.75, 3.05) is 16.9 Å². The van der Waals surface area contributed by atoms with Crippen molar-refractivity contribution < 1.29 is 9.90 Å². The lowest BCUT2D eigenvalue weighted by Crippen LogP contribution is -2.48. The number of hydrogen-bond donors (Lipinski definition) is 3. The van der Waals surface area contributed by atoms with Crippen LogP contribution in [0.4, 0.5) is 5.69 Å². The van der Waals surface area contributed by atoms with E-state index in [0.29, 0.717) is 27.9 Å². The minimum Gasteiger partial charge on any atom is -0.379 e. The number of thioether (sulfide) groups is 1. The number of aliphatic hydroxyl groups is 1. The zero-order valence-corrected chi connectivity index (χ0v) is 11.7. The second-order valence-electron chi connectivity index (χ2n) is 4.01. The Morgan fingerprint density at radius 3 is 2.61 bits per heavy atom. The maximum atomic E-state index is 11.8. The SMILES string of the molecule is O=C(NNc1c(Cl)cccc1Cl)C1(O)CCSC1. The van der Waals surface area contributed by atoms with Crippen LogP contribution in [0.5, 0.6) is 0 Å². The largest absolute Gasteiger partial charge is 0.379 e. The third-order valence-electron chi connectivity index (χ3n) is 2.69. The topological polar surface area (TPSA) is 61.4 Å². The summed E-state index contributed by atoms with van der Waals surface area (Å²) in [5.74, 6) is 0.705. The second-order valence-corrected chi connectivity index (χ2v) is 5.93.